The van der Waals surface area contributed by atoms with Gasteiger partial charge in [-0.25, -0.2) is 9.97 Å². The van der Waals surface area contributed by atoms with Gasteiger partial charge in [-0.05, 0) is 55.9 Å². The Labute approximate surface area is 129 Å². The van der Waals surface area contributed by atoms with Gasteiger partial charge in [0, 0.05) is 22.8 Å². The first kappa shape index (κ1) is 15.5. The highest BCUT2D eigenvalue weighted by molar-refractivity contribution is 7.99. The van der Waals surface area contributed by atoms with Crippen molar-refractivity contribution >= 4 is 11.8 Å². The summed E-state index contributed by atoms with van der Waals surface area (Å²) in [6.07, 6.45) is 0. The summed E-state index contributed by atoms with van der Waals surface area (Å²) in [6.45, 7) is 7.64. The number of nitrogens with one attached hydrogen (secondary N) is 1. The van der Waals surface area contributed by atoms with Crippen LogP contribution in [0.1, 0.15) is 29.4 Å². The predicted molar refractivity (Wildman–Crippen MR) is 84.2 cm³/mol. The third kappa shape index (κ3) is 4.28. The number of nitriles is 1. The molecule has 0 amide bonds. The molecule has 0 aliphatic rings. The van der Waals surface area contributed by atoms with Crippen LogP contribution in [-0.2, 0) is 6.54 Å². The van der Waals surface area contributed by atoms with Gasteiger partial charge in [-0.3, -0.25) is 0 Å². The van der Waals surface area contributed by atoms with Crippen molar-refractivity contribution in [3.05, 3.63) is 46.8 Å². The van der Waals surface area contributed by atoms with Crippen LogP contribution in [0.25, 0.3) is 0 Å². The minimum absolute atomic E-state index is 0.665. The SMILES string of the molecule is CCNCc1ccc(Sc2nc(C)cc(C)n2)c(C#N)c1. The zero-order chi connectivity index (χ0) is 15.2. The number of rotatable bonds is 5. The summed E-state index contributed by atoms with van der Waals surface area (Å²) < 4.78 is 0. The minimum Gasteiger partial charge on any atom is -0.313 e. The molecule has 0 saturated carbocycles. The first-order valence-electron chi connectivity index (χ1n) is 6.86. The van der Waals surface area contributed by atoms with Crippen molar-refractivity contribution < 1.29 is 0 Å². The van der Waals surface area contributed by atoms with E-state index in [4.69, 9.17) is 0 Å². The number of nitrogens with zero attached hydrogens (tertiary/aromatic N) is 3. The average Bonchev–Trinajstić information content (AvgIpc) is 2.45. The van der Waals surface area contributed by atoms with E-state index in [2.05, 4.69) is 28.3 Å². The number of benzene rings is 1. The molecule has 1 aromatic heterocycles. The molecule has 1 aromatic carbocycles. The van der Waals surface area contributed by atoms with Crippen LogP contribution in [0.15, 0.2) is 34.3 Å². The normalized spacial score (nSPS) is 10.4. The van der Waals surface area contributed by atoms with Gasteiger partial charge in [0.15, 0.2) is 5.16 Å². The molecule has 0 bridgehead atoms. The van der Waals surface area contributed by atoms with Gasteiger partial charge in [0.05, 0.1) is 5.56 Å². The molecule has 0 spiro atoms. The Hall–Kier alpha value is -1.90. The standard InChI is InChI=1S/C16H18N4S/c1-4-18-10-13-5-6-15(14(8-13)9-17)21-16-19-11(2)7-12(3)20-16/h5-8,18H,4,10H2,1-3H3. The van der Waals surface area contributed by atoms with Crippen molar-refractivity contribution in [2.24, 2.45) is 0 Å². The second-order valence-electron chi connectivity index (χ2n) is 4.76. The summed E-state index contributed by atoms with van der Waals surface area (Å²) in [5.41, 5.74) is 3.65. The van der Waals surface area contributed by atoms with E-state index in [1.165, 1.54) is 11.8 Å². The van der Waals surface area contributed by atoms with Crippen LogP contribution < -0.4 is 5.32 Å². The maximum atomic E-state index is 9.33. The molecular formula is C16H18N4S. The molecule has 0 aliphatic heterocycles. The summed E-state index contributed by atoms with van der Waals surface area (Å²) >= 11 is 1.43. The lowest BCUT2D eigenvalue weighted by molar-refractivity contribution is 0.726. The molecule has 2 rings (SSSR count). The van der Waals surface area contributed by atoms with Gasteiger partial charge < -0.3 is 5.32 Å². The van der Waals surface area contributed by atoms with Crippen LogP contribution in [-0.4, -0.2) is 16.5 Å². The first-order valence-corrected chi connectivity index (χ1v) is 7.68. The van der Waals surface area contributed by atoms with E-state index in [0.717, 1.165) is 34.9 Å². The predicted octanol–water partition coefficient (Wildman–Crippen LogP) is 3.23. The Kier molecular flexibility index (Phi) is 5.32. The van der Waals surface area contributed by atoms with Gasteiger partial charge >= 0.3 is 0 Å². The third-order valence-corrected chi connectivity index (χ3v) is 3.85. The lowest BCUT2D eigenvalue weighted by atomic mass is 10.1. The zero-order valence-corrected chi connectivity index (χ0v) is 13.3. The second kappa shape index (κ2) is 7.21. The Morgan fingerprint density at radius 3 is 2.52 bits per heavy atom. The molecule has 0 radical (unpaired) electrons. The van der Waals surface area contributed by atoms with E-state index >= 15 is 0 Å². The summed E-state index contributed by atoms with van der Waals surface area (Å²) in [5.74, 6) is 0. The number of hydrogen-bond acceptors (Lipinski definition) is 5. The summed E-state index contributed by atoms with van der Waals surface area (Å²) in [6, 6.07) is 10.1. The molecular weight excluding hydrogens is 280 g/mol. The van der Waals surface area contributed by atoms with Gasteiger partial charge in [0.2, 0.25) is 0 Å². The quantitative estimate of drug-likeness (QED) is 0.859. The molecule has 0 saturated heterocycles. The van der Waals surface area contributed by atoms with E-state index in [1.54, 1.807) is 0 Å². The van der Waals surface area contributed by atoms with E-state index in [-0.39, 0.29) is 0 Å². The Morgan fingerprint density at radius 2 is 1.90 bits per heavy atom. The average molecular weight is 298 g/mol. The van der Waals surface area contributed by atoms with Crippen LogP contribution in [0.5, 0.6) is 0 Å². The first-order chi connectivity index (χ1) is 10.1. The Morgan fingerprint density at radius 1 is 1.19 bits per heavy atom. The topological polar surface area (TPSA) is 61.6 Å². The molecule has 0 unspecified atom stereocenters. The third-order valence-electron chi connectivity index (χ3n) is 2.91. The molecule has 1 heterocycles. The molecule has 0 atom stereocenters. The van der Waals surface area contributed by atoms with Gasteiger partial charge in [0.1, 0.15) is 6.07 Å². The van der Waals surface area contributed by atoms with Crippen LogP contribution >= 0.6 is 11.8 Å². The highest BCUT2D eigenvalue weighted by atomic mass is 32.2. The zero-order valence-electron chi connectivity index (χ0n) is 12.5. The monoisotopic (exact) mass is 298 g/mol. The van der Waals surface area contributed by atoms with Crippen molar-refractivity contribution in [2.75, 3.05) is 6.54 Å². The smallest absolute Gasteiger partial charge is 0.192 e. The molecule has 108 valence electrons. The van der Waals surface area contributed by atoms with E-state index in [9.17, 15) is 5.26 Å². The largest absolute Gasteiger partial charge is 0.313 e. The van der Waals surface area contributed by atoms with Crippen molar-refractivity contribution in [1.29, 1.82) is 5.26 Å². The van der Waals surface area contributed by atoms with Gasteiger partial charge in [-0.15, -0.1) is 0 Å². The van der Waals surface area contributed by atoms with Crippen LogP contribution in [0.2, 0.25) is 0 Å². The maximum Gasteiger partial charge on any atom is 0.192 e. The fourth-order valence-corrected chi connectivity index (χ4v) is 2.90. The Bertz CT molecular complexity index is 656. The summed E-state index contributed by atoms with van der Waals surface area (Å²) in [7, 11) is 0. The Balaban J connectivity index is 2.25. The van der Waals surface area contributed by atoms with Crippen LogP contribution in [0, 0.1) is 25.2 Å². The van der Waals surface area contributed by atoms with Gasteiger partial charge in [-0.1, -0.05) is 13.0 Å². The van der Waals surface area contributed by atoms with Crippen molar-refractivity contribution in [1.82, 2.24) is 15.3 Å². The lowest BCUT2D eigenvalue weighted by Crippen LogP contribution is -2.11. The summed E-state index contributed by atoms with van der Waals surface area (Å²) in [4.78, 5) is 9.71. The van der Waals surface area contributed by atoms with Gasteiger partial charge in [0.25, 0.3) is 0 Å². The maximum absolute atomic E-state index is 9.33. The summed E-state index contributed by atoms with van der Waals surface area (Å²) in [5, 5.41) is 13.3. The van der Waals surface area contributed by atoms with Crippen molar-refractivity contribution in [3.63, 3.8) is 0 Å². The highest BCUT2D eigenvalue weighted by Crippen LogP contribution is 2.28. The van der Waals surface area contributed by atoms with Crippen LogP contribution in [0.4, 0.5) is 0 Å². The van der Waals surface area contributed by atoms with Crippen LogP contribution in [0.3, 0.4) is 0 Å². The molecule has 0 aliphatic carbocycles. The highest BCUT2D eigenvalue weighted by Gasteiger charge is 2.08. The molecule has 1 N–H and O–H groups in total. The number of hydrogen-bond donors (Lipinski definition) is 1. The van der Waals surface area contributed by atoms with Gasteiger partial charge in [-0.2, -0.15) is 5.26 Å². The van der Waals surface area contributed by atoms with Crippen molar-refractivity contribution in [3.8, 4) is 6.07 Å². The molecule has 5 heteroatoms. The molecule has 21 heavy (non-hydrogen) atoms. The molecule has 0 fully saturated rings. The minimum atomic E-state index is 0.665. The molecule has 4 nitrogen and oxygen atoms in total. The fraction of sp³-hybridized carbons (Fsp3) is 0.312. The van der Waals surface area contributed by atoms with E-state index < -0.39 is 0 Å². The van der Waals surface area contributed by atoms with Crippen molar-refractivity contribution in [2.45, 2.75) is 37.4 Å². The number of aromatic nitrogens is 2. The fourth-order valence-electron chi connectivity index (χ4n) is 1.97. The number of aryl methyl sites for hydroxylation is 2. The lowest BCUT2D eigenvalue weighted by Gasteiger charge is -2.07. The second-order valence-corrected chi connectivity index (χ2v) is 5.77. The van der Waals surface area contributed by atoms with E-state index in [1.807, 2.05) is 38.1 Å². The molecule has 2 aromatic rings. The van der Waals surface area contributed by atoms with E-state index in [0.29, 0.717) is 10.7 Å².